The number of nitrogens with zero attached hydrogens (tertiary/aromatic N) is 3. The second-order valence-electron chi connectivity index (χ2n) is 15.7. The van der Waals surface area contributed by atoms with E-state index in [-0.39, 0.29) is 16.2 Å². The molecule has 0 aliphatic heterocycles. The minimum absolute atomic E-state index is 0.00421. The minimum Gasteiger partial charge on any atom is -0.453 e. The van der Waals surface area contributed by atoms with Crippen LogP contribution in [0.3, 0.4) is 0 Å². The first-order chi connectivity index (χ1) is 21.7. The van der Waals surface area contributed by atoms with E-state index in [2.05, 4.69) is 128 Å². The Kier molecular flexibility index (Phi) is 6.52. The number of pyridine rings is 1. The summed E-state index contributed by atoms with van der Waals surface area (Å²) in [7, 11) is 0. The summed E-state index contributed by atoms with van der Waals surface area (Å²) < 4.78 is 9.30. The molecule has 4 aromatic carbocycles. The zero-order valence-electron chi connectivity index (χ0n) is 28.3. The van der Waals surface area contributed by atoms with Crippen LogP contribution in [-0.2, 0) is 16.2 Å². The highest BCUT2D eigenvalue weighted by Gasteiger charge is 2.28. The van der Waals surface area contributed by atoms with Crippen LogP contribution < -0.4 is 0 Å². The Balaban J connectivity index is 1.69. The van der Waals surface area contributed by atoms with Crippen molar-refractivity contribution in [3.63, 3.8) is 0 Å². The van der Waals surface area contributed by atoms with Gasteiger partial charge in [-0.2, -0.15) is 5.26 Å². The van der Waals surface area contributed by atoms with Crippen LogP contribution in [-0.4, -0.2) is 9.55 Å². The lowest BCUT2D eigenvalue weighted by atomic mass is 9.83. The molecule has 0 aliphatic carbocycles. The molecule has 0 atom stereocenters. The number of hydrogen-bond donors (Lipinski definition) is 0. The molecule has 0 unspecified atom stereocenters. The van der Waals surface area contributed by atoms with Crippen LogP contribution in [0.1, 0.15) is 84.6 Å². The van der Waals surface area contributed by atoms with Crippen molar-refractivity contribution >= 4 is 43.7 Å². The van der Waals surface area contributed by atoms with Gasteiger partial charge in [0.15, 0.2) is 5.58 Å². The molecule has 0 bridgehead atoms. The Morgan fingerprint density at radius 3 is 2.00 bits per heavy atom. The zero-order chi connectivity index (χ0) is 32.8. The lowest BCUT2D eigenvalue weighted by molar-refractivity contribution is 0.591. The third-order valence-corrected chi connectivity index (χ3v) is 9.35. The van der Waals surface area contributed by atoms with Gasteiger partial charge < -0.3 is 8.98 Å². The van der Waals surface area contributed by atoms with Gasteiger partial charge in [-0.1, -0.05) is 92.6 Å². The molecule has 0 fully saturated rings. The van der Waals surface area contributed by atoms with Crippen molar-refractivity contribution < 1.29 is 4.42 Å². The standard InChI is InChI=1S/C42H41N3O/c1-40(2,3)26-15-20-34-31(22-26)28-17-14-27(41(4,5)6)23-35(28)45(34)37-25(24-43)13-16-30-36-32(42(7,8)9)19-18-29(38(36)46-39(30)37)33-12-10-11-21-44-33/h10-23H,1-9H3. The molecule has 4 heteroatoms. The number of aromatic nitrogens is 2. The molecule has 0 N–H and O–H groups in total. The number of rotatable bonds is 2. The van der Waals surface area contributed by atoms with Gasteiger partial charge in [-0.3, -0.25) is 4.98 Å². The lowest BCUT2D eigenvalue weighted by Crippen LogP contribution is -2.11. The van der Waals surface area contributed by atoms with E-state index in [4.69, 9.17) is 9.40 Å². The van der Waals surface area contributed by atoms with Crippen molar-refractivity contribution in [3.05, 3.63) is 107 Å². The molecule has 3 aromatic heterocycles. The van der Waals surface area contributed by atoms with Crippen LogP contribution in [0.25, 0.3) is 60.7 Å². The average Bonchev–Trinajstić information content (AvgIpc) is 3.54. The topological polar surface area (TPSA) is 54.8 Å². The molecule has 7 rings (SSSR count). The Morgan fingerprint density at radius 1 is 0.652 bits per heavy atom. The van der Waals surface area contributed by atoms with Crippen LogP contribution >= 0.6 is 0 Å². The summed E-state index contributed by atoms with van der Waals surface area (Å²) in [6.45, 7) is 20.2. The first-order valence-corrected chi connectivity index (χ1v) is 16.1. The van der Waals surface area contributed by atoms with Gasteiger partial charge in [0.2, 0.25) is 0 Å². The van der Waals surface area contributed by atoms with Crippen molar-refractivity contribution in [1.82, 2.24) is 9.55 Å². The lowest BCUT2D eigenvalue weighted by Gasteiger charge is -2.21. The largest absolute Gasteiger partial charge is 0.453 e. The Morgan fingerprint density at radius 2 is 1.35 bits per heavy atom. The molecule has 3 heterocycles. The summed E-state index contributed by atoms with van der Waals surface area (Å²) in [5.74, 6) is 0. The summed E-state index contributed by atoms with van der Waals surface area (Å²) in [4.78, 5) is 4.69. The third-order valence-electron chi connectivity index (χ3n) is 9.35. The minimum atomic E-state index is -0.135. The fourth-order valence-corrected chi connectivity index (χ4v) is 6.79. The van der Waals surface area contributed by atoms with Gasteiger partial charge in [0.05, 0.1) is 22.3 Å². The van der Waals surface area contributed by atoms with Crippen LogP contribution in [0.4, 0.5) is 0 Å². The van der Waals surface area contributed by atoms with Crippen molar-refractivity contribution in [2.24, 2.45) is 0 Å². The number of furan rings is 1. The zero-order valence-corrected chi connectivity index (χ0v) is 28.3. The molecular formula is C42H41N3O. The molecule has 0 amide bonds. The first-order valence-electron chi connectivity index (χ1n) is 16.1. The summed E-state index contributed by atoms with van der Waals surface area (Å²) in [6.07, 6.45) is 1.82. The van der Waals surface area contributed by atoms with E-state index < -0.39 is 0 Å². The van der Waals surface area contributed by atoms with Crippen LogP contribution in [0, 0.1) is 11.3 Å². The van der Waals surface area contributed by atoms with Gasteiger partial charge in [-0.25, -0.2) is 0 Å². The molecule has 0 saturated heterocycles. The van der Waals surface area contributed by atoms with Gasteiger partial charge in [-0.05, 0) is 81.5 Å². The predicted molar refractivity (Wildman–Crippen MR) is 192 cm³/mol. The van der Waals surface area contributed by atoms with E-state index in [9.17, 15) is 5.26 Å². The molecule has 0 radical (unpaired) electrons. The molecule has 46 heavy (non-hydrogen) atoms. The van der Waals surface area contributed by atoms with Gasteiger partial charge >= 0.3 is 0 Å². The second-order valence-corrected chi connectivity index (χ2v) is 15.7. The molecule has 7 aromatic rings. The second kappa shape index (κ2) is 10.1. The molecule has 0 aliphatic rings. The van der Waals surface area contributed by atoms with E-state index in [0.717, 1.165) is 49.7 Å². The third kappa shape index (κ3) is 4.60. The van der Waals surface area contributed by atoms with Crippen molar-refractivity contribution in [1.29, 1.82) is 5.26 Å². The van der Waals surface area contributed by atoms with Crippen molar-refractivity contribution in [2.45, 2.75) is 78.6 Å². The van der Waals surface area contributed by atoms with Gasteiger partial charge in [0.1, 0.15) is 17.3 Å². The summed E-state index contributed by atoms with van der Waals surface area (Å²) in [5, 5.41) is 15.0. The van der Waals surface area contributed by atoms with E-state index in [1.807, 2.05) is 30.5 Å². The smallest absolute Gasteiger partial charge is 0.160 e. The fourth-order valence-electron chi connectivity index (χ4n) is 6.79. The average molecular weight is 604 g/mol. The van der Waals surface area contributed by atoms with E-state index in [1.165, 1.54) is 22.1 Å². The Labute approximate surface area is 271 Å². The van der Waals surface area contributed by atoms with Gasteiger partial charge in [0, 0.05) is 33.3 Å². The predicted octanol–water partition coefficient (Wildman–Crippen LogP) is 11.5. The SMILES string of the molecule is CC(C)(C)c1ccc2c(c1)c1ccc(C(C)(C)C)cc1n2-c1c(C#N)ccc2c1oc1c(-c3ccccn3)ccc(C(C)(C)C)c12. The Hall–Kier alpha value is -4.88. The van der Waals surface area contributed by atoms with E-state index in [1.54, 1.807) is 0 Å². The van der Waals surface area contributed by atoms with Crippen LogP contribution in [0.2, 0.25) is 0 Å². The maximum absolute atomic E-state index is 10.6. The van der Waals surface area contributed by atoms with Crippen molar-refractivity contribution in [2.75, 3.05) is 0 Å². The highest BCUT2D eigenvalue weighted by atomic mass is 16.3. The van der Waals surface area contributed by atoms with Gasteiger partial charge in [0.25, 0.3) is 0 Å². The highest BCUT2D eigenvalue weighted by molar-refractivity contribution is 6.16. The monoisotopic (exact) mass is 603 g/mol. The van der Waals surface area contributed by atoms with E-state index >= 15 is 0 Å². The van der Waals surface area contributed by atoms with E-state index in [0.29, 0.717) is 11.1 Å². The fraction of sp³-hybridized carbons (Fsp3) is 0.286. The Bertz CT molecular complexity index is 2360. The molecule has 230 valence electrons. The first kappa shape index (κ1) is 29.8. The number of nitriles is 1. The quantitative estimate of drug-likeness (QED) is 0.197. The molecule has 0 spiro atoms. The highest BCUT2D eigenvalue weighted by Crippen LogP contribution is 2.46. The number of fused-ring (bicyclic) bond motifs is 6. The number of hydrogen-bond acceptors (Lipinski definition) is 3. The van der Waals surface area contributed by atoms with Crippen LogP contribution in [0.15, 0.2) is 89.5 Å². The van der Waals surface area contributed by atoms with Crippen molar-refractivity contribution in [3.8, 4) is 23.0 Å². The summed E-state index contributed by atoms with van der Waals surface area (Å²) in [5.41, 5.74) is 10.3. The molecule has 0 saturated carbocycles. The summed E-state index contributed by atoms with van der Waals surface area (Å²) >= 11 is 0. The molecule has 4 nitrogen and oxygen atoms in total. The molecular weight excluding hydrogens is 562 g/mol. The van der Waals surface area contributed by atoms with Gasteiger partial charge in [-0.15, -0.1) is 0 Å². The summed E-state index contributed by atoms with van der Waals surface area (Å²) in [6, 6.07) is 30.4. The maximum Gasteiger partial charge on any atom is 0.160 e. The maximum atomic E-state index is 10.6. The van der Waals surface area contributed by atoms with Crippen LogP contribution in [0.5, 0.6) is 0 Å². The normalized spacial score (nSPS) is 12.9. The number of benzene rings is 4.